The Bertz CT molecular complexity index is 626. The maximum absolute atomic E-state index is 11.9. The Labute approximate surface area is 122 Å². The third-order valence-corrected chi connectivity index (χ3v) is 2.79. The summed E-state index contributed by atoms with van der Waals surface area (Å²) in [4.78, 5) is 23.6. The van der Waals surface area contributed by atoms with Crippen LogP contribution >= 0.6 is 0 Å². The number of carbonyl (C=O) groups excluding carboxylic acids is 2. The molecule has 0 saturated carbocycles. The van der Waals surface area contributed by atoms with Crippen molar-refractivity contribution in [1.29, 1.82) is 0 Å². The number of para-hydroxylation sites is 2. The average molecular weight is 284 g/mol. The summed E-state index contributed by atoms with van der Waals surface area (Å²) < 4.78 is 5.35. The van der Waals surface area contributed by atoms with Crippen LogP contribution in [-0.4, -0.2) is 25.5 Å². The summed E-state index contributed by atoms with van der Waals surface area (Å²) in [7, 11) is 1.54. The predicted octanol–water partition coefficient (Wildman–Crippen LogP) is 2.06. The van der Waals surface area contributed by atoms with Crippen molar-refractivity contribution in [2.45, 2.75) is 0 Å². The van der Waals surface area contributed by atoms with Crippen molar-refractivity contribution in [1.82, 2.24) is 5.32 Å². The fourth-order valence-electron chi connectivity index (χ4n) is 1.78. The molecule has 0 fully saturated rings. The minimum Gasteiger partial charge on any atom is -0.484 e. The number of rotatable bonds is 5. The Morgan fingerprint density at radius 2 is 1.67 bits per heavy atom. The van der Waals surface area contributed by atoms with Crippen LogP contribution in [0.1, 0.15) is 10.4 Å². The van der Waals surface area contributed by atoms with Gasteiger partial charge in [0.25, 0.3) is 11.8 Å². The number of amides is 2. The highest BCUT2D eigenvalue weighted by atomic mass is 16.5. The van der Waals surface area contributed by atoms with Gasteiger partial charge < -0.3 is 15.4 Å². The first-order chi connectivity index (χ1) is 10.2. The standard InChI is InChI=1S/C16H16N2O3/c1-17-16(20)13-9-5-6-10-14(13)18-15(19)11-21-12-7-3-2-4-8-12/h2-10H,11H2,1H3,(H,17,20)(H,18,19). The van der Waals surface area contributed by atoms with Gasteiger partial charge in [0, 0.05) is 7.05 Å². The number of hydrogen-bond donors (Lipinski definition) is 2. The van der Waals surface area contributed by atoms with Gasteiger partial charge in [0.15, 0.2) is 6.61 Å². The first-order valence-corrected chi connectivity index (χ1v) is 6.49. The van der Waals surface area contributed by atoms with E-state index in [0.717, 1.165) is 0 Å². The van der Waals surface area contributed by atoms with Crippen LogP contribution in [0, 0.1) is 0 Å². The van der Waals surface area contributed by atoms with Crippen LogP contribution in [0.5, 0.6) is 5.75 Å². The molecule has 5 nitrogen and oxygen atoms in total. The summed E-state index contributed by atoms with van der Waals surface area (Å²) in [5.74, 6) is 0.0392. The SMILES string of the molecule is CNC(=O)c1ccccc1NC(=O)COc1ccccc1. The summed E-state index contributed by atoms with van der Waals surface area (Å²) >= 11 is 0. The number of nitrogens with one attached hydrogen (secondary N) is 2. The van der Waals surface area contributed by atoms with E-state index in [4.69, 9.17) is 4.74 Å². The number of carbonyl (C=O) groups is 2. The monoisotopic (exact) mass is 284 g/mol. The first kappa shape index (κ1) is 14.6. The average Bonchev–Trinajstić information content (AvgIpc) is 2.54. The maximum Gasteiger partial charge on any atom is 0.262 e. The van der Waals surface area contributed by atoms with Crippen molar-refractivity contribution in [3.8, 4) is 5.75 Å². The molecule has 2 amide bonds. The third-order valence-electron chi connectivity index (χ3n) is 2.79. The van der Waals surface area contributed by atoms with Crippen molar-refractivity contribution >= 4 is 17.5 Å². The molecule has 2 N–H and O–H groups in total. The number of ether oxygens (including phenoxy) is 1. The highest BCUT2D eigenvalue weighted by Gasteiger charge is 2.11. The Kier molecular flexibility index (Phi) is 4.93. The van der Waals surface area contributed by atoms with Crippen LogP contribution in [0.4, 0.5) is 5.69 Å². The molecule has 5 heteroatoms. The molecule has 0 saturated heterocycles. The predicted molar refractivity (Wildman–Crippen MR) is 80.4 cm³/mol. The lowest BCUT2D eigenvalue weighted by Crippen LogP contribution is -2.24. The number of hydrogen-bond acceptors (Lipinski definition) is 3. The minimum absolute atomic E-state index is 0.119. The van der Waals surface area contributed by atoms with Gasteiger partial charge in [0.2, 0.25) is 0 Å². The van der Waals surface area contributed by atoms with E-state index in [1.807, 2.05) is 18.2 Å². The van der Waals surface area contributed by atoms with E-state index < -0.39 is 0 Å². The van der Waals surface area contributed by atoms with Gasteiger partial charge in [0.1, 0.15) is 5.75 Å². The fourth-order valence-corrected chi connectivity index (χ4v) is 1.78. The molecule has 108 valence electrons. The molecule has 0 spiro atoms. The molecule has 0 aromatic heterocycles. The van der Waals surface area contributed by atoms with Crippen molar-refractivity contribution in [2.75, 3.05) is 19.0 Å². The zero-order chi connectivity index (χ0) is 15.1. The second-order valence-corrected chi connectivity index (χ2v) is 4.27. The van der Waals surface area contributed by atoms with E-state index in [0.29, 0.717) is 17.0 Å². The van der Waals surface area contributed by atoms with Crippen LogP contribution in [0.25, 0.3) is 0 Å². The molecular formula is C16H16N2O3. The number of anilines is 1. The number of benzene rings is 2. The highest BCUT2D eigenvalue weighted by molar-refractivity contribution is 6.03. The second-order valence-electron chi connectivity index (χ2n) is 4.27. The lowest BCUT2D eigenvalue weighted by molar-refractivity contribution is -0.118. The van der Waals surface area contributed by atoms with Gasteiger partial charge in [-0.15, -0.1) is 0 Å². The summed E-state index contributed by atoms with van der Waals surface area (Å²) in [6.45, 7) is -0.119. The molecule has 2 rings (SSSR count). The lowest BCUT2D eigenvalue weighted by atomic mass is 10.1. The Balaban J connectivity index is 1.98. The topological polar surface area (TPSA) is 67.4 Å². The molecule has 0 aliphatic heterocycles. The van der Waals surface area contributed by atoms with E-state index >= 15 is 0 Å². The molecule has 0 aliphatic carbocycles. The van der Waals surface area contributed by atoms with Crippen LogP contribution in [0.15, 0.2) is 54.6 Å². The molecule has 0 unspecified atom stereocenters. The van der Waals surface area contributed by atoms with Crippen molar-refractivity contribution in [2.24, 2.45) is 0 Å². The van der Waals surface area contributed by atoms with E-state index in [1.165, 1.54) is 0 Å². The summed E-state index contributed by atoms with van der Waals surface area (Å²) in [5.41, 5.74) is 0.867. The van der Waals surface area contributed by atoms with Gasteiger partial charge in [-0.05, 0) is 24.3 Å². The molecule has 2 aromatic carbocycles. The Hall–Kier alpha value is -2.82. The summed E-state index contributed by atoms with van der Waals surface area (Å²) in [5, 5.41) is 5.20. The van der Waals surface area contributed by atoms with Crippen LogP contribution < -0.4 is 15.4 Å². The minimum atomic E-state index is -0.324. The maximum atomic E-state index is 11.9. The van der Waals surface area contributed by atoms with Gasteiger partial charge >= 0.3 is 0 Å². The second kappa shape index (κ2) is 7.09. The first-order valence-electron chi connectivity index (χ1n) is 6.49. The fraction of sp³-hybridized carbons (Fsp3) is 0.125. The zero-order valence-electron chi connectivity index (χ0n) is 11.6. The van der Waals surface area contributed by atoms with E-state index in [2.05, 4.69) is 10.6 Å². The van der Waals surface area contributed by atoms with Crippen molar-refractivity contribution in [3.05, 3.63) is 60.2 Å². The molecule has 0 bridgehead atoms. The molecule has 0 heterocycles. The largest absolute Gasteiger partial charge is 0.484 e. The molecule has 0 atom stereocenters. The zero-order valence-corrected chi connectivity index (χ0v) is 11.6. The highest BCUT2D eigenvalue weighted by Crippen LogP contribution is 2.15. The third kappa shape index (κ3) is 4.07. The smallest absolute Gasteiger partial charge is 0.262 e. The van der Waals surface area contributed by atoms with Gasteiger partial charge in [-0.3, -0.25) is 9.59 Å². The molecule has 21 heavy (non-hydrogen) atoms. The molecule has 0 aliphatic rings. The Morgan fingerprint density at radius 1 is 1.00 bits per heavy atom. The summed E-state index contributed by atoms with van der Waals surface area (Å²) in [6.07, 6.45) is 0. The Morgan fingerprint density at radius 3 is 2.38 bits per heavy atom. The van der Waals surface area contributed by atoms with E-state index in [1.54, 1.807) is 43.4 Å². The normalized spacial score (nSPS) is 9.76. The van der Waals surface area contributed by atoms with Crippen LogP contribution in [-0.2, 0) is 4.79 Å². The molecular weight excluding hydrogens is 268 g/mol. The van der Waals surface area contributed by atoms with E-state index in [-0.39, 0.29) is 18.4 Å². The van der Waals surface area contributed by atoms with Crippen LogP contribution in [0.3, 0.4) is 0 Å². The molecule has 2 aromatic rings. The van der Waals surface area contributed by atoms with Gasteiger partial charge in [-0.25, -0.2) is 0 Å². The molecule has 0 radical (unpaired) electrons. The van der Waals surface area contributed by atoms with Gasteiger partial charge in [-0.1, -0.05) is 30.3 Å². The van der Waals surface area contributed by atoms with Gasteiger partial charge in [0.05, 0.1) is 11.3 Å². The lowest BCUT2D eigenvalue weighted by Gasteiger charge is -2.10. The van der Waals surface area contributed by atoms with Crippen molar-refractivity contribution < 1.29 is 14.3 Å². The quantitative estimate of drug-likeness (QED) is 0.883. The van der Waals surface area contributed by atoms with Crippen molar-refractivity contribution in [3.63, 3.8) is 0 Å². The van der Waals surface area contributed by atoms with Crippen LogP contribution in [0.2, 0.25) is 0 Å². The summed E-state index contributed by atoms with van der Waals surface area (Å²) in [6, 6.07) is 15.9. The van der Waals surface area contributed by atoms with E-state index in [9.17, 15) is 9.59 Å². The van der Waals surface area contributed by atoms with Gasteiger partial charge in [-0.2, -0.15) is 0 Å².